The molecule has 0 aliphatic carbocycles. The number of hydrogen-bond donors (Lipinski definition) is 0. The van der Waals surface area contributed by atoms with Crippen molar-refractivity contribution in [2.24, 2.45) is 0 Å². The molecule has 2 rings (SSSR count). The molecule has 0 fully saturated rings. The molecule has 2 atom stereocenters. The molecule has 1 nitrogen and oxygen atoms in total. The van der Waals surface area contributed by atoms with Crippen LogP contribution in [0.2, 0.25) is 0 Å². The zero-order valence-electron chi connectivity index (χ0n) is 22.1. The van der Waals surface area contributed by atoms with Crippen molar-refractivity contribution in [3.8, 4) is 0 Å². The van der Waals surface area contributed by atoms with E-state index in [9.17, 15) is 0 Å². The fourth-order valence-electron chi connectivity index (χ4n) is 4.91. The van der Waals surface area contributed by atoms with Crippen molar-refractivity contribution in [1.82, 2.24) is 0 Å². The van der Waals surface area contributed by atoms with Gasteiger partial charge in [0.1, 0.15) is 0 Å². The molecule has 0 bridgehead atoms. The third kappa shape index (κ3) is 10.5. The predicted molar refractivity (Wildman–Crippen MR) is 145 cm³/mol. The largest absolute Gasteiger partial charge is 0.366 e. The minimum absolute atomic E-state index is 0.182. The van der Waals surface area contributed by atoms with Gasteiger partial charge >= 0.3 is 0 Å². The van der Waals surface area contributed by atoms with Gasteiger partial charge in [0.2, 0.25) is 0 Å². The Kier molecular flexibility index (Phi) is 14.2. The van der Waals surface area contributed by atoms with Crippen LogP contribution in [0.3, 0.4) is 0 Å². The molecule has 2 unspecified atom stereocenters. The van der Waals surface area contributed by atoms with E-state index in [4.69, 9.17) is 4.74 Å². The third-order valence-corrected chi connectivity index (χ3v) is 7.04. The van der Waals surface area contributed by atoms with Crippen LogP contribution in [-0.2, 0) is 4.74 Å². The summed E-state index contributed by atoms with van der Waals surface area (Å²) in [6, 6.07) is 17.7. The zero-order chi connectivity index (χ0) is 23.7. The molecule has 0 spiro atoms. The molecule has 184 valence electrons. The SMILES string of the molecule is CCCCCCCCC(OC(CCCCCCCC)c1ccccc1C)c1ccccc1C. The predicted octanol–water partition coefficient (Wildman–Crippen LogP) is 10.6. The summed E-state index contributed by atoms with van der Waals surface area (Å²) < 4.78 is 7.04. The lowest BCUT2D eigenvalue weighted by Crippen LogP contribution is -2.13. The van der Waals surface area contributed by atoms with Gasteiger partial charge in [-0.3, -0.25) is 0 Å². The Morgan fingerprint density at radius 2 is 0.879 bits per heavy atom. The van der Waals surface area contributed by atoms with E-state index in [0.717, 1.165) is 12.8 Å². The normalized spacial score (nSPS) is 13.2. The molecule has 0 aliphatic rings. The van der Waals surface area contributed by atoms with Crippen molar-refractivity contribution in [2.45, 2.75) is 130 Å². The van der Waals surface area contributed by atoms with Gasteiger partial charge in [0.25, 0.3) is 0 Å². The fourth-order valence-corrected chi connectivity index (χ4v) is 4.91. The van der Waals surface area contributed by atoms with Crippen molar-refractivity contribution in [1.29, 1.82) is 0 Å². The van der Waals surface area contributed by atoms with E-state index < -0.39 is 0 Å². The van der Waals surface area contributed by atoms with Crippen LogP contribution in [-0.4, -0.2) is 0 Å². The molecule has 0 N–H and O–H groups in total. The molecular formula is C32H50O. The van der Waals surface area contributed by atoms with E-state index in [1.54, 1.807) is 0 Å². The number of rotatable bonds is 18. The van der Waals surface area contributed by atoms with Gasteiger partial charge in [-0.2, -0.15) is 0 Å². The first-order valence-corrected chi connectivity index (χ1v) is 13.9. The zero-order valence-corrected chi connectivity index (χ0v) is 22.1. The summed E-state index contributed by atoms with van der Waals surface area (Å²) in [6.45, 7) is 9.06. The van der Waals surface area contributed by atoms with Crippen LogP contribution < -0.4 is 0 Å². The number of hydrogen-bond acceptors (Lipinski definition) is 1. The highest BCUT2D eigenvalue weighted by Crippen LogP contribution is 2.36. The fraction of sp³-hybridized carbons (Fsp3) is 0.625. The topological polar surface area (TPSA) is 9.23 Å². The number of benzene rings is 2. The second-order valence-electron chi connectivity index (χ2n) is 9.94. The molecule has 33 heavy (non-hydrogen) atoms. The maximum Gasteiger partial charge on any atom is 0.0835 e. The van der Waals surface area contributed by atoms with Crippen LogP contribution in [0.15, 0.2) is 48.5 Å². The van der Waals surface area contributed by atoms with E-state index in [1.165, 1.54) is 99.3 Å². The minimum Gasteiger partial charge on any atom is -0.366 e. The highest BCUT2D eigenvalue weighted by atomic mass is 16.5. The van der Waals surface area contributed by atoms with Crippen LogP contribution in [0.4, 0.5) is 0 Å². The lowest BCUT2D eigenvalue weighted by molar-refractivity contribution is -0.0270. The molecule has 0 saturated carbocycles. The average Bonchev–Trinajstić information content (AvgIpc) is 2.82. The summed E-state index contributed by atoms with van der Waals surface area (Å²) in [5, 5.41) is 0. The van der Waals surface area contributed by atoms with Crippen molar-refractivity contribution < 1.29 is 4.74 Å². The third-order valence-electron chi connectivity index (χ3n) is 7.04. The van der Waals surface area contributed by atoms with E-state index in [-0.39, 0.29) is 12.2 Å². The molecule has 0 aromatic heterocycles. The summed E-state index contributed by atoms with van der Waals surface area (Å²) >= 11 is 0. The van der Waals surface area contributed by atoms with Crippen molar-refractivity contribution in [3.05, 3.63) is 70.8 Å². The van der Waals surface area contributed by atoms with Gasteiger partial charge in [0, 0.05) is 0 Å². The van der Waals surface area contributed by atoms with Gasteiger partial charge in [0.05, 0.1) is 12.2 Å². The first kappa shape index (κ1) is 27.6. The van der Waals surface area contributed by atoms with Gasteiger partial charge in [-0.05, 0) is 48.9 Å². The first-order valence-electron chi connectivity index (χ1n) is 13.9. The Hall–Kier alpha value is -1.60. The Labute approximate surface area is 205 Å². The average molecular weight is 451 g/mol. The smallest absolute Gasteiger partial charge is 0.0835 e. The van der Waals surface area contributed by atoms with Gasteiger partial charge in [-0.1, -0.05) is 139 Å². The molecule has 0 aliphatic heterocycles. The highest BCUT2D eigenvalue weighted by Gasteiger charge is 2.22. The highest BCUT2D eigenvalue weighted by molar-refractivity contribution is 5.30. The Bertz CT molecular complexity index is 686. The number of aryl methyl sites for hydroxylation is 2. The summed E-state index contributed by atoms with van der Waals surface area (Å²) in [5.41, 5.74) is 5.48. The van der Waals surface area contributed by atoms with E-state index in [0.29, 0.717) is 0 Å². The van der Waals surface area contributed by atoms with Gasteiger partial charge < -0.3 is 4.74 Å². The van der Waals surface area contributed by atoms with E-state index in [1.807, 2.05) is 0 Å². The van der Waals surface area contributed by atoms with Gasteiger partial charge in [-0.25, -0.2) is 0 Å². The number of unbranched alkanes of at least 4 members (excludes halogenated alkanes) is 10. The van der Waals surface area contributed by atoms with Crippen molar-refractivity contribution in [2.75, 3.05) is 0 Å². The van der Waals surface area contributed by atoms with Crippen LogP contribution in [0.5, 0.6) is 0 Å². The summed E-state index contributed by atoms with van der Waals surface area (Å²) in [4.78, 5) is 0. The molecule has 0 heterocycles. The van der Waals surface area contributed by atoms with Crippen LogP contribution in [0, 0.1) is 13.8 Å². The second-order valence-corrected chi connectivity index (χ2v) is 9.94. The molecule has 2 aromatic carbocycles. The maximum absolute atomic E-state index is 7.04. The Morgan fingerprint density at radius 1 is 0.515 bits per heavy atom. The molecule has 0 saturated heterocycles. The van der Waals surface area contributed by atoms with Gasteiger partial charge in [-0.15, -0.1) is 0 Å². The van der Waals surface area contributed by atoms with Gasteiger partial charge in [0.15, 0.2) is 0 Å². The molecule has 1 heteroatoms. The standard InChI is InChI=1S/C32H50O/c1-5-7-9-11-13-15-25-31(29-23-19-17-21-27(29)3)33-32(26-16-14-12-10-8-6-2)30-24-20-18-22-28(30)4/h17-24,31-32H,5-16,25-26H2,1-4H3. The monoisotopic (exact) mass is 450 g/mol. The second kappa shape index (κ2) is 16.9. The lowest BCUT2D eigenvalue weighted by Gasteiger charge is -2.28. The van der Waals surface area contributed by atoms with Crippen LogP contribution in [0.25, 0.3) is 0 Å². The molecular weight excluding hydrogens is 400 g/mol. The Balaban J connectivity index is 2.09. The number of ether oxygens (including phenoxy) is 1. The Morgan fingerprint density at radius 3 is 1.27 bits per heavy atom. The summed E-state index contributed by atoms with van der Waals surface area (Å²) in [7, 11) is 0. The first-order chi connectivity index (χ1) is 16.2. The molecule has 0 amide bonds. The van der Waals surface area contributed by atoms with E-state index in [2.05, 4.69) is 76.2 Å². The lowest BCUT2D eigenvalue weighted by atomic mass is 9.95. The molecule has 0 radical (unpaired) electrons. The van der Waals surface area contributed by atoms with Crippen LogP contribution >= 0.6 is 0 Å². The minimum atomic E-state index is 0.182. The summed E-state index contributed by atoms with van der Waals surface area (Å²) in [6.07, 6.45) is 18.5. The maximum atomic E-state index is 7.04. The van der Waals surface area contributed by atoms with Crippen molar-refractivity contribution >= 4 is 0 Å². The van der Waals surface area contributed by atoms with Crippen molar-refractivity contribution in [3.63, 3.8) is 0 Å². The molecule has 2 aromatic rings. The van der Waals surface area contributed by atoms with E-state index >= 15 is 0 Å². The van der Waals surface area contributed by atoms with Crippen LogP contribution in [0.1, 0.15) is 138 Å². The summed E-state index contributed by atoms with van der Waals surface area (Å²) in [5.74, 6) is 0. The quantitative estimate of drug-likeness (QED) is 0.205.